The number of methoxy groups -OCH3 is 1. The molecule has 0 bridgehead atoms. The maximum atomic E-state index is 13.8. The number of anilines is 1. The van der Waals surface area contributed by atoms with Gasteiger partial charge in [-0.05, 0) is 24.6 Å². The molecule has 0 aliphatic heterocycles. The second-order valence-electron chi connectivity index (χ2n) is 4.06. The Bertz CT molecular complexity index is 713. The minimum absolute atomic E-state index is 0.0441. The van der Waals surface area contributed by atoms with E-state index in [1.807, 2.05) is 0 Å². The Morgan fingerprint density at radius 1 is 1.55 bits per heavy atom. The molecule has 1 aromatic heterocycles. The van der Waals surface area contributed by atoms with E-state index >= 15 is 0 Å². The van der Waals surface area contributed by atoms with Crippen LogP contribution in [0.4, 0.5) is 10.3 Å². The van der Waals surface area contributed by atoms with Crippen LogP contribution in [-0.2, 0) is 0 Å². The van der Waals surface area contributed by atoms with Crippen molar-refractivity contribution in [3.8, 4) is 18.1 Å². The monoisotopic (exact) mass is 272 g/mol. The number of nitrogens with zero attached hydrogens (tertiary/aromatic N) is 3. The normalized spacial score (nSPS) is 10.7. The lowest BCUT2D eigenvalue weighted by molar-refractivity contribution is 0.385. The molecule has 0 saturated carbocycles. The number of terminal acetylenes is 1. The van der Waals surface area contributed by atoms with Crippen molar-refractivity contribution in [1.29, 1.82) is 0 Å². The third-order valence-corrected chi connectivity index (χ3v) is 2.59. The van der Waals surface area contributed by atoms with Crippen LogP contribution in [0.1, 0.15) is 16.8 Å². The molecular weight excluding hydrogens is 259 g/mol. The Balaban J connectivity index is 2.37. The van der Waals surface area contributed by atoms with Gasteiger partial charge in [0.05, 0.1) is 30.8 Å². The highest BCUT2D eigenvalue weighted by atomic mass is 19.1. The summed E-state index contributed by atoms with van der Waals surface area (Å²) in [6.07, 6.45) is 8.43. The molecule has 0 aliphatic rings. The lowest BCUT2D eigenvalue weighted by Crippen LogP contribution is -1.98. The van der Waals surface area contributed by atoms with E-state index in [-0.39, 0.29) is 11.7 Å². The Morgan fingerprint density at radius 3 is 2.85 bits per heavy atom. The van der Waals surface area contributed by atoms with Gasteiger partial charge in [0.2, 0.25) is 5.95 Å². The maximum absolute atomic E-state index is 13.8. The first kappa shape index (κ1) is 13.6. The number of ether oxygens (including phenoxy) is 1. The van der Waals surface area contributed by atoms with Gasteiger partial charge in [-0.25, -0.2) is 14.1 Å². The molecule has 5 nitrogen and oxygen atoms in total. The standard InChI is InChI=1S/C14H13FN4O/c1-4-11-5-10(6-12(15)13(11)20-3)7-17-19-8-9(2)18-14(19)16/h1,5-8H,2-3H3,(H2,16,18). The van der Waals surface area contributed by atoms with Crippen LogP contribution in [0, 0.1) is 25.1 Å². The number of aryl methyl sites for hydroxylation is 1. The average molecular weight is 272 g/mol. The largest absolute Gasteiger partial charge is 0.492 e. The summed E-state index contributed by atoms with van der Waals surface area (Å²) >= 11 is 0. The van der Waals surface area contributed by atoms with Gasteiger partial charge in [0.1, 0.15) is 0 Å². The van der Waals surface area contributed by atoms with Crippen LogP contribution in [0.25, 0.3) is 0 Å². The first-order valence-electron chi connectivity index (χ1n) is 5.75. The summed E-state index contributed by atoms with van der Waals surface area (Å²) in [7, 11) is 1.36. The number of nitrogens with two attached hydrogens (primary N) is 1. The van der Waals surface area contributed by atoms with Crippen LogP contribution in [0.5, 0.6) is 5.75 Å². The fourth-order valence-electron chi connectivity index (χ4n) is 1.73. The molecule has 102 valence electrons. The molecular formula is C14H13FN4O. The highest BCUT2D eigenvalue weighted by molar-refractivity contribution is 5.81. The van der Waals surface area contributed by atoms with Gasteiger partial charge in [0.15, 0.2) is 11.6 Å². The molecule has 0 saturated heterocycles. The molecule has 0 spiro atoms. The summed E-state index contributed by atoms with van der Waals surface area (Å²) < 4.78 is 20.1. The van der Waals surface area contributed by atoms with Gasteiger partial charge in [-0.3, -0.25) is 0 Å². The Hall–Kier alpha value is -2.81. The molecule has 2 rings (SSSR count). The molecule has 0 atom stereocenters. The van der Waals surface area contributed by atoms with Gasteiger partial charge in [0.25, 0.3) is 0 Å². The van der Waals surface area contributed by atoms with Gasteiger partial charge < -0.3 is 10.5 Å². The molecule has 6 heteroatoms. The van der Waals surface area contributed by atoms with Crippen molar-refractivity contribution < 1.29 is 9.13 Å². The number of halogens is 1. The third-order valence-electron chi connectivity index (χ3n) is 2.59. The smallest absolute Gasteiger partial charge is 0.221 e. The molecule has 0 unspecified atom stereocenters. The van der Waals surface area contributed by atoms with Crippen molar-refractivity contribution in [1.82, 2.24) is 9.66 Å². The van der Waals surface area contributed by atoms with Crippen LogP contribution >= 0.6 is 0 Å². The van der Waals surface area contributed by atoms with E-state index in [1.54, 1.807) is 19.2 Å². The van der Waals surface area contributed by atoms with E-state index in [0.29, 0.717) is 11.1 Å². The molecule has 0 aliphatic carbocycles. The first-order valence-corrected chi connectivity index (χ1v) is 5.75. The number of benzene rings is 1. The Labute approximate surface area is 115 Å². The van der Waals surface area contributed by atoms with Gasteiger partial charge in [0, 0.05) is 0 Å². The van der Waals surface area contributed by atoms with Crippen molar-refractivity contribution in [3.05, 3.63) is 41.0 Å². The maximum Gasteiger partial charge on any atom is 0.221 e. The van der Waals surface area contributed by atoms with Crippen molar-refractivity contribution in [2.75, 3.05) is 12.8 Å². The van der Waals surface area contributed by atoms with E-state index in [9.17, 15) is 4.39 Å². The summed E-state index contributed by atoms with van der Waals surface area (Å²) in [5, 5.41) is 4.10. The number of imidazole rings is 1. The van der Waals surface area contributed by atoms with Gasteiger partial charge >= 0.3 is 0 Å². The summed E-state index contributed by atoms with van der Waals surface area (Å²) in [6, 6.07) is 2.88. The first-order chi connectivity index (χ1) is 9.55. The molecule has 0 amide bonds. The topological polar surface area (TPSA) is 65.4 Å². The van der Waals surface area contributed by atoms with Gasteiger partial charge in [-0.1, -0.05) is 5.92 Å². The summed E-state index contributed by atoms with van der Waals surface area (Å²) in [6.45, 7) is 1.80. The fraction of sp³-hybridized carbons (Fsp3) is 0.143. The van der Waals surface area contributed by atoms with Crippen LogP contribution < -0.4 is 10.5 Å². The summed E-state index contributed by atoms with van der Waals surface area (Å²) in [5.41, 5.74) is 7.21. The molecule has 20 heavy (non-hydrogen) atoms. The number of nitrogen functional groups attached to an aromatic ring is 1. The van der Waals surface area contributed by atoms with Gasteiger partial charge in [-0.2, -0.15) is 5.10 Å². The van der Waals surface area contributed by atoms with Crippen molar-refractivity contribution in [2.24, 2.45) is 5.10 Å². The molecule has 1 heterocycles. The lowest BCUT2D eigenvalue weighted by atomic mass is 10.1. The van der Waals surface area contributed by atoms with Crippen LogP contribution in [0.2, 0.25) is 0 Å². The zero-order valence-corrected chi connectivity index (χ0v) is 11.1. The second kappa shape index (κ2) is 5.45. The van der Waals surface area contributed by atoms with Gasteiger partial charge in [-0.15, -0.1) is 6.42 Å². The molecule has 0 fully saturated rings. The Morgan fingerprint density at radius 2 is 2.30 bits per heavy atom. The van der Waals surface area contributed by atoms with Crippen LogP contribution in [0.15, 0.2) is 23.4 Å². The van der Waals surface area contributed by atoms with Crippen LogP contribution in [0.3, 0.4) is 0 Å². The summed E-state index contributed by atoms with van der Waals surface area (Å²) in [4.78, 5) is 4.00. The third kappa shape index (κ3) is 2.62. The van der Waals surface area contributed by atoms with Crippen LogP contribution in [-0.4, -0.2) is 23.0 Å². The van der Waals surface area contributed by atoms with E-state index in [1.165, 1.54) is 24.1 Å². The molecule has 2 N–H and O–H groups in total. The lowest BCUT2D eigenvalue weighted by Gasteiger charge is -2.06. The molecule has 0 radical (unpaired) electrons. The zero-order valence-electron chi connectivity index (χ0n) is 11.1. The highest BCUT2D eigenvalue weighted by Crippen LogP contribution is 2.23. The average Bonchev–Trinajstić information content (AvgIpc) is 2.74. The van der Waals surface area contributed by atoms with E-state index in [4.69, 9.17) is 16.9 Å². The quantitative estimate of drug-likeness (QED) is 0.684. The molecule has 1 aromatic carbocycles. The van der Waals surface area contributed by atoms with E-state index in [0.717, 1.165) is 5.69 Å². The minimum Gasteiger partial charge on any atom is -0.492 e. The summed E-state index contributed by atoms with van der Waals surface area (Å²) in [5.74, 6) is 2.13. The Kier molecular flexibility index (Phi) is 3.71. The number of aromatic nitrogens is 2. The minimum atomic E-state index is -0.542. The van der Waals surface area contributed by atoms with Crippen molar-refractivity contribution in [3.63, 3.8) is 0 Å². The number of hydrogen-bond donors (Lipinski definition) is 1. The fourth-order valence-corrected chi connectivity index (χ4v) is 1.73. The molecule has 2 aromatic rings. The predicted octanol–water partition coefficient (Wildman–Crippen LogP) is 1.78. The second-order valence-corrected chi connectivity index (χ2v) is 4.06. The van der Waals surface area contributed by atoms with Crippen molar-refractivity contribution >= 4 is 12.2 Å². The SMILES string of the molecule is C#Cc1cc(C=Nn2cc(C)nc2N)cc(F)c1OC. The van der Waals surface area contributed by atoms with E-state index < -0.39 is 5.82 Å². The number of hydrogen-bond acceptors (Lipinski definition) is 4. The van der Waals surface area contributed by atoms with Crippen molar-refractivity contribution in [2.45, 2.75) is 6.92 Å². The number of rotatable bonds is 3. The predicted molar refractivity (Wildman–Crippen MR) is 75.3 cm³/mol. The van der Waals surface area contributed by atoms with E-state index in [2.05, 4.69) is 16.0 Å². The zero-order chi connectivity index (χ0) is 14.7. The highest BCUT2D eigenvalue weighted by Gasteiger charge is 2.09.